The minimum absolute atomic E-state index is 0.0914. The molecular weight excluding hydrogens is 315 g/mol. The highest BCUT2D eigenvalue weighted by Gasteiger charge is 2.34. The number of piperidine rings is 1. The maximum Gasteiger partial charge on any atom is 0.416 e. The van der Waals surface area contributed by atoms with E-state index in [9.17, 15) is 13.2 Å². The van der Waals surface area contributed by atoms with Crippen LogP contribution in [0.5, 0.6) is 5.75 Å². The number of alkyl halides is 3. The molecule has 1 aliphatic heterocycles. The first kappa shape index (κ1) is 16.8. The van der Waals surface area contributed by atoms with Gasteiger partial charge in [-0.3, -0.25) is 0 Å². The number of rotatable bonds is 3. The Hall–Kier alpha value is -2.01. The highest BCUT2D eigenvalue weighted by atomic mass is 19.4. The molecule has 2 nitrogen and oxygen atoms in total. The fraction of sp³-hybridized carbons (Fsp3) is 0.368. The first-order valence-corrected chi connectivity index (χ1v) is 8.01. The van der Waals surface area contributed by atoms with Gasteiger partial charge in [0.2, 0.25) is 0 Å². The van der Waals surface area contributed by atoms with E-state index in [-0.39, 0.29) is 12.0 Å². The molecule has 5 heteroatoms. The second-order valence-electron chi connectivity index (χ2n) is 6.25. The van der Waals surface area contributed by atoms with Gasteiger partial charge in [-0.05, 0) is 37.2 Å². The lowest BCUT2D eigenvalue weighted by Crippen LogP contribution is -2.42. The van der Waals surface area contributed by atoms with Crippen molar-refractivity contribution in [2.24, 2.45) is 0 Å². The van der Waals surface area contributed by atoms with E-state index in [1.165, 1.54) is 12.1 Å². The lowest BCUT2D eigenvalue weighted by atomic mass is 9.87. The molecule has 1 heterocycles. The molecule has 24 heavy (non-hydrogen) atoms. The van der Waals surface area contributed by atoms with Gasteiger partial charge in [0.05, 0.1) is 5.56 Å². The molecule has 0 unspecified atom stereocenters. The van der Waals surface area contributed by atoms with Crippen molar-refractivity contribution in [1.29, 1.82) is 0 Å². The molecule has 0 aliphatic carbocycles. The van der Waals surface area contributed by atoms with Gasteiger partial charge in [0.25, 0.3) is 0 Å². The quantitative estimate of drug-likeness (QED) is 0.814. The molecule has 0 aromatic heterocycles. The Morgan fingerprint density at radius 2 is 1.79 bits per heavy atom. The largest absolute Gasteiger partial charge is 0.490 e. The van der Waals surface area contributed by atoms with Crippen LogP contribution in [0.15, 0.2) is 54.6 Å². The molecule has 1 fully saturated rings. The second-order valence-corrected chi connectivity index (χ2v) is 6.25. The molecule has 1 saturated heterocycles. The van der Waals surface area contributed by atoms with Crippen molar-refractivity contribution in [2.75, 3.05) is 20.1 Å². The summed E-state index contributed by atoms with van der Waals surface area (Å²) in [6.45, 7) is 1.55. The van der Waals surface area contributed by atoms with Gasteiger partial charge in [-0.25, -0.2) is 0 Å². The van der Waals surface area contributed by atoms with Crippen LogP contribution in [0.2, 0.25) is 0 Å². The van der Waals surface area contributed by atoms with E-state index in [2.05, 4.69) is 4.90 Å². The number of nitrogens with zero attached hydrogens (tertiary/aromatic N) is 1. The van der Waals surface area contributed by atoms with E-state index in [1.54, 1.807) is 6.07 Å². The summed E-state index contributed by atoms with van der Waals surface area (Å²) in [5.41, 5.74) is 0.0731. The Morgan fingerprint density at radius 1 is 1.04 bits per heavy atom. The predicted octanol–water partition coefficient (Wildman–Crippen LogP) is 4.57. The van der Waals surface area contributed by atoms with Gasteiger partial charge >= 0.3 is 6.18 Å². The van der Waals surface area contributed by atoms with E-state index in [1.807, 2.05) is 37.4 Å². The molecule has 0 radical (unpaired) electrons. The number of para-hydroxylation sites is 1. The lowest BCUT2D eigenvalue weighted by Gasteiger charge is -2.37. The van der Waals surface area contributed by atoms with Crippen molar-refractivity contribution >= 4 is 0 Å². The van der Waals surface area contributed by atoms with Crippen molar-refractivity contribution in [1.82, 2.24) is 4.90 Å². The normalized spacial score (nSPS) is 22.3. The zero-order valence-corrected chi connectivity index (χ0v) is 13.5. The summed E-state index contributed by atoms with van der Waals surface area (Å²) in [7, 11) is 1.99. The SMILES string of the molecule is CN1CC[C@H](Oc2ccccc2)[C@@H](c2cccc(C(F)(F)F)c2)C1. The van der Waals surface area contributed by atoms with Crippen molar-refractivity contribution in [3.05, 3.63) is 65.7 Å². The third kappa shape index (κ3) is 3.90. The Balaban J connectivity index is 1.87. The molecule has 3 rings (SSSR count). The molecule has 0 spiro atoms. The Labute approximate surface area is 139 Å². The Bertz CT molecular complexity index is 672. The number of ether oxygens (including phenoxy) is 1. The summed E-state index contributed by atoms with van der Waals surface area (Å²) < 4.78 is 45.1. The molecule has 0 saturated carbocycles. The van der Waals surface area contributed by atoms with Gasteiger partial charge in [0.1, 0.15) is 11.9 Å². The third-order valence-electron chi connectivity index (χ3n) is 4.43. The first-order chi connectivity index (χ1) is 11.4. The highest BCUT2D eigenvalue weighted by Crippen LogP contribution is 2.34. The Morgan fingerprint density at radius 3 is 2.50 bits per heavy atom. The number of hydrogen-bond acceptors (Lipinski definition) is 2. The van der Waals surface area contributed by atoms with Crippen LogP contribution in [0.1, 0.15) is 23.5 Å². The molecule has 2 aromatic rings. The maximum atomic E-state index is 13.0. The van der Waals surface area contributed by atoms with Crippen LogP contribution in [0.4, 0.5) is 13.2 Å². The van der Waals surface area contributed by atoms with Crippen LogP contribution in [-0.4, -0.2) is 31.1 Å². The van der Waals surface area contributed by atoms with Gasteiger partial charge in [-0.1, -0.05) is 36.4 Å². The smallest absolute Gasteiger partial charge is 0.416 e. The minimum atomic E-state index is -4.33. The van der Waals surface area contributed by atoms with Crippen LogP contribution in [0.25, 0.3) is 0 Å². The van der Waals surface area contributed by atoms with Crippen LogP contribution in [-0.2, 0) is 6.18 Å². The summed E-state index contributed by atoms with van der Waals surface area (Å²) in [6, 6.07) is 15.1. The zero-order valence-electron chi connectivity index (χ0n) is 13.5. The van der Waals surface area contributed by atoms with Crippen molar-refractivity contribution in [2.45, 2.75) is 24.6 Å². The monoisotopic (exact) mass is 335 g/mol. The second kappa shape index (κ2) is 6.85. The minimum Gasteiger partial charge on any atom is -0.490 e. The van der Waals surface area contributed by atoms with Crippen molar-refractivity contribution < 1.29 is 17.9 Å². The van der Waals surface area contributed by atoms with E-state index in [0.29, 0.717) is 12.1 Å². The van der Waals surface area contributed by atoms with E-state index in [0.717, 1.165) is 24.8 Å². The van der Waals surface area contributed by atoms with Crippen LogP contribution >= 0.6 is 0 Å². The van der Waals surface area contributed by atoms with E-state index < -0.39 is 11.7 Å². The predicted molar refractivity (Wildman–Crippen MR) is 87.2 cm³/mol. The summed E-state index contributed by atoms with van der Waals surface area (Å²) in [4.78, 5) is 2.13. The standard InChI is InChI=1S/C19H20F3NO/c1-23-11-10-18(24-16-8-3-2-4-9-16)17(13-23)14-6-5-7-15(12-14)19(20,21)22/h2-9,12,17-18H,10-11,13H2,1H3/t17-,18+/m1/s1. The molecule has 1 aliphatic rings. The molecule has 0 N–H and O–H groups in total. The summed E-state index contributed by atoms with van der Waals surface area (Å²) in [6.07, 6.45) is -3.68. The molecule has 2 aromatic carbocycles. The fourth-order valence-corrected chi connectivity index (χ4v) is 3.17. The maximum absolute atomic E-state index is 13.0. The number of hydrogen-bond donors (Lipinski definition) is 0. The van der Waals surface area contributed by atoms with Gasteiger partial charge in [-0.2, -0.15) is 13.2 Å². The lowest BCUT2D eigenvalue weighted by molar-refractivity contribution is -0.137. The average Bonchev–Trinajstić information content (AvgIpc) is 2.57. The molecular formula is C19H20F3NO. The van der Waals surface area contributed by atoms with Gasteiger partial charge in [0.15, 0.2) is 0 Å². The summed E-state index contributed by atoms with van der Waals surface area (Å²) >= 11 is 0. The van der Waals surface area contributed by atoms with Crippen molar-refractivity contribution in [3.63, 3.8) is 0 Å². The van der Waals surface area contributed by atoms with Crippen LogP contribution in [0, 0.1) is 0 Å². The Kier molecular flexibility index (Phi) is 4.81. The van der Waals surface area contributed by atoms with Gasteiger partial charge < -0.3 is 9.64 Å². The molecule has 2 atom stereocenters. The summed E-state index contributed by atoms with van der Waals surface area (Å²) in [5.74, 6) is 0.662. The summed E-state index contributed by atoms with van der Waals surface area (Å²) in [5, 5.41) is 0. The van der Waals surface area contributed by atoms with E-state index in [4.69, 9.17) is 4.74 Å². The number of halogens is 3. The fourth-order valence-electron chi connectivity index (χ4n) is 3.17. The van der Waals surface area contributed by atoms with Gasteiger partial charge in [0, 0.05) is 19.0 Å². The average molecular weight is 335 g/mol. The molecule has 128 valence electrons. The van der Waals surface area contributed by atoms with E-state index >= 15 is 0 Å². The van der Waals surface area contributed by atoms with Gasteiger partial charge in [-0.15, -0.1) is 0 Å². The molecule has 0 amide bonds. The van der Waals surface area contributed by atoms with Crippen LogP contribution in [0.3, 0.4) is 0 Å². The zero-order chi connectivity index (χ0) is 17.2. The highest BCUT2D eigenvalue weighted by molar-refractivity contribution is 5.30. The molecule has 0 bridgehead atoms. The third-order valence-corrected chi connectivity index (χ3v) is 4.43. The topological polar surface area (TPSA) is 12.5 Å². The number of benzene rings is 2. The first-order valence-electron chi connectivity index (χ1n) is 8.01. The number of likely N-dealkylation sites (N-methyl/N-ethyl adjacent to an activating group) is 1. The van der Waals surface area contributed by atoms with Crippen molar-refractivity contribution in [3.8, 4) is 5.75 Å². The number of likely N-dealkylation sites (tertiary alicyclic amines) is 1. The van der Waals surface area contributed by atoms with Crippen LogP contribution < -0.4 is 4.74 Å².